The lowest BCUT2D eigenvalue weighted by Gasteiger charge is -2.57. The molecule has 7 nitrogen and oxygen atoms in total. The predicted octanol–water partition coefficient (Wildman–Crippen LogP) is 3.19. The quantitative estimate of drug-likeness (QED) is 0.382. The van der Waals surface area contributed by atoms with E-state index in [4.69, 9.17) is 28.4 Å². The van der Waals surface area contributed by atoms with Crippen molar-refractivity contribution in [2.75, 3.05) is 27.4 Å². The highest BCUT2D eigenvalue weighted by molar-refractivity contribution is 5.66. The first-order chi connectivity index (χ1) is 14.8. The van der Waals surface area contributed by atoms with Crippen LogP contribution in [0.25, 0.3) is 0 Å². The molecule has 0 unspecified atom stereocenters. The molecule has 7 heteroatoms. The highest BCUT2D eigenvalue weighted by Crippen LogP contribution is 2.76. The number of esters is 1. The Hall–Kier alpha value is -0.730. The van der Waals surface area contributed by atoms with Gasteiger partial charge in [0.05, 0.1) is 13.2 Å². The van der Waals surface area contributed by atoms with Crippen molar-refractivity contribution in [2.45, 2.75) is 94.1 Å². The van der Waals surface area contributed by atoms with Gasteiger partial charge in [-0.2, -0.15) is 0 Å². The number of fused-ring (bicyclic) bond motifs is 4. The zero-order chi connectivity index (χ0) is 21.7. The molecule has 6 aliphatic rings. The summed E-state index contributed by atoms with van der Waals surface area (Å²) >= 11 is 0. The average Bonchev–Trinajstić information content (AvgIpc) is 3.02. The Kier molecular flexibility index (Phi) is 4.33. The molecule has 4 saturated carbocycles. The minimum absolute atomic E-state index is 0.145. The van der Waals surface area contributed by atoms with Crippen LogP contribution in [0.3, 0.4) is 0 Å². The van der Waals surface area contributed by atoms with Gasteiger partial charge in [0.15, 0.2) is 11.6 Å². The van der Waals surface area contributed by atoms with Crippen LogP contribution in [0, 0.1) is 23.2 Å². The molecule has 6 fully saturated rings. The number of ether oxygens (including phenoxy) is 6. The van der Waals surface area contributed by atoms with Crippen LogP contribution in [0.5, 0.6) is 0 Å². The lowest BCUT2D eigenvalue weighted by Crippen LogP contribution is -2.63. The summed E-state index contributed by atoms with van der Waals surface area (Å²) in [6, 6.07) is 0. The molecule has 2 heterocycles. The first-order valence-electron chi connectivity index (χ1n) is 12.0. The molecule has 1 spiro atoms. The fraction of sp³-hybridized carbons (Fsp3) is 0.958. The van der Waals surface area contributed by atoms with Gasteiger partial charge in [-0.15, -0.1) is 0 Å². The molecule has 2 saturated heterocycles. The molecule has 4 aliphatic carbocycles. The van der Waals surface area contributed by atoms with Gasteiger partial charge in [-0.1, -0.05) is 6.92 Å². The lowest BCUT2D eigenvalue weighted by atomic mass is 9.49. The largest absolute Gasteiger partial charge is 0.462 e. The second kappa shape index (κ2) is 6.44. The van der Waals surface area contributed by atoms with Gasteiger partial charge in [-0.3, -0.25) is 4.79 Å². The molecule has 0 N–H and O–H groups in total. The van der Waals surface area contributed by atoms with Crippen molar-refractivity contribution in [1.29, 1.82) is 0 Å². The number of hydrogen-bond acceptors (Lipinski definition) is 7. The second-order valence-corrected chi connectivity index (χ2v) is 11.1. The van der Waals surface area contributed by atoms with E-state index < -0.39 is 11.6 Å². The number of carbonyl (C=O) groups is 1. The van der Waals surface area contributed by atoms with E-state index in [-0.39, 0.29) is 34.6 Å². The van der Waals surface area contributed by atoms with Crippen LogP contribution in [-0.2, 0) is 33.2 Å². The van der Waals surface area contributed by atoms with Crippen molar-refractivity contribution < 1.29 is 33.2 Å². The SMILES string of the molecule is COC1(OC)CC[C@]23O[C@]2(CC[C@@H]2[C@@H]3[C@@H](OC(C)=O)C[C@@]3(C)[C@H]2CCC32OCCO2)C1. The third-order valence-corrected chi connectivity index (χ3v) is 10.3. The molecule has 31 heavy (non-hydrogen) atoms. The number of hydrogen-bond donors (Lipinski definition) is 0. The molecule has 0 bridgehead atoms. The highest BCUT2D eigenvalue weighted by Gasteiger charge is 2.83. The molecule has 0 aromatic carbocycles. The van der Waals surface area contributed by atoms with Gasteiger partial charge < -0.3 is 28.4 Å². The Morgan fingerprint density at radius 3 is 2.42 bits per heavy atom. The van der Waals surface area contributed by atoms with Crippen molar-refractivity contribution in [2.24, 2.45) is 23.2 Å². The van der Waals surface area contributed by atoms with Gasteiger partial charge in [0, 0.05) is 51.7 Å². The molecule has 0 radical (unpaired) electrons. The normalized spacial score (nSPS) is 50.8. The summed E-state index contributed by atoms with van der Waals surface area (Å²) in [4.78, 5) is 12.2. The zero-order valence-electron chi connectivity index (χ0n) is 19.2. The molecule has 0 aromatic rings. The summed E-state index contributed by atoms with van der Waals surface area (Å²) < 4.78 is 37.0. The standard InChI is InChI=1S/C24H36O7/c1-15(25)30-18-13-20(2)17(6-8-24(20)28-11-12-29-24)16-5-7-21-14-22(26-3,27-4)9-10-23(21,31-21)19(16)18/h16-19H,5-14H2,1-4H3/t16-,17-,18-,19+,20-,21+,23+/m0/s1. The molecule has 0 aromatic heterocycles. The number of methoxy groups -OCH3 is 2. The first kappa shape index (κ1) is 20.8. The van der Waals surface area contributed by atoms with Crippen molar-refractivity contribution in [1.82, 2.24) is 0 Å². The van der Waals surface area contributed by atoms with Gasteiger partial charge in [-0.05, 0) is 43.9 Å². The Labute approximate surface area is 184 Å². The Balaban J connectivity index is 1.37. The minimum atomic E-state index is -0.574. The topological polar surface area (TPSA) is 75.8 Å². The molecule has 6 rings (SSSR count). The van der Waals surface area contributed by atoms with E-state index in [1.807, 2.05) is 0 Å². The average molecular weight is 437 g/mol. The van der Waals surface area contributed by atoms with E-state index in [1.54, 1.807) is 14.2 Å². The van der Waals surface area contributed by atoms with E-state index in [1.165, 1.54) is 6.92 Å². The van der Waals surface area contributed by atoms with E-state index >= 15 is 0 Å². The monoisotopic (exact) mass is 436 g/mol. The summed E-state index contributed by atoms with van der Waals surface area (Å²) in [5, 5.41) is 0. The smallest absolute Gasteiger partial charge is 0.302 e. The van der Waals surface area contributed by atoms with Crippen molar-refractivity contribution in [3.63, 3.8) is 0 Å². The summed E-state index contributed by atoms with van der Waals surface area (Å²) in [6.07, 6.45) is 7.16. The van der Waals surface area contributed by atoms with Crippen LogP contribution in [0.4, 0.5) is 0 Å². The summed E-state index contributed by atoms with van der Waals surface area (Å²) in [7, 11) is 3.46. The number of rotatable bonds is 3. The maximum absolute atomic E-state index is 12.2. The second-order valence-electron chi connectivity index (χ2n) is 11.1. The predicted molar refractivity (Wildman–Crippen MR) is 109 cm³/mol. The van der Waals surface area contributed by atoms with E-state index in [0.29, 0.717) is 25.0 Å². The molecule has 2 aliphatic heterocycles. The summed E-state index contributed by atoms with van der Waals surface area (Å²) in [6.45, 7) is 5.15. The van der Waals surface area contributed by atoms with Gasteiger partial charge >= 0.3 is 5.97 Å². The maximum Gasteiger partial charge on any atom is 0.302 e. The van der Waals surface area contributed by atoms with Crippen molar-refractivity contribution in [3.05, 3.63) is 0 Å². The number of carbonyl (C=O) groups excluding carboxylic acids is 1. The van der Waals surface area contributed by atoms with E-state index in [0.717, 1.165) is 51.4 Å². The Morgan fingerprint density at radius 1 is 1.00 bits per heavy atom. The molecule has 0 amide bonds. The van der Waals surface area contributed by atoms with E-state index in [9.17, 15) is 4.79 Å². The van der Waals surface area contributed by atoms with Crippen molar-refractivity contribution >= 4 is 5.97 Å². The first-order valence-corrected chi connectivity index (χ1v) is 12.0. The Morgan fingerprint density at radius 2 is 1.74 bits per heavy atom. The van der Waals surface area contributed by atoms with Crippen LogP contribution < -0.4 is 0 Å². The lowest BCUT2D eigenvalue weighted by molar-refractivity contribution is -0.262. The highest BCUT2D eigenvalue weighted by atomic mass is 16.7. The molecular formula is C24H36O7. The fourth-order valence-electron chi connectivity index (χ4n) is 8.99. The fourth-order valence-corrected chi connectivity index (χ4v) is 8.99. The maximum atomic E-state index is 12.2. The van der Waals surface area contributed by atoms with Gasteiger partial charge in [0.2, 0.25) is 0 Å². The van der Waals surface area contributed by atoms with Crippen LogP contribution in [-0.4, -0.2) is 62.3 Å². The van der Waals surface area contributed by atoms with Gasteiger partial charge in [-0.25, -0.2) is 0 Å². The van der Waals surface area contributed by atoms with Crippen LogP contribution in [0.1, 0.15) is 65.2 Å². The third-order valence-electron chi connectivity index (χ3n) is 10.3. The molecule has 7 atom stereocenters. The van der Waals surface area contributed by atoms with Crippen LogP contribution in [0.15, 0.2) is 0 Å². The molecule has 174 valence electrons. The zero-order valence-corrected chi connectivity index (χ0v) is 19.2. The third kappa shape index (κ3) is 2.45. The van der Waals surface area contributed by atoms with Gasteiger partial charge in [0.25, 0.3) is 0 Å². The van der Waals surface area contributed by atoms with Gasteiger partial charge in [0.1, 0.15) is 17.3 Å². The molecular weight excluding hydrogens is 400 g/mol. The van der Waals surface area contributed by atoms with Crippen molar-refractivity contribution in [3.8, 4) is 0 Å². The van der Waals surface area contributed by atoms with Crippen LogP contribution in [0.2, 0.25) is 0 Å². The minimum Gasteiger partial charge on any atom is -0.462 e. The number of epoxide rings is 1. The Bertz CT molecular complexity index is 774. The van der Waals surface area contributed by atoms with Crippen LogP contribution >= 0.6 is 0 Å². The van der Waals surface area contributed by atoms with E-state index in [2.05, 4.69) is 6.92 Å². The summed E-state index contributed by atoms with van der Waals surface area (Å²) in [5.41, 5.74) is -0.597. The summed E-state index contributed by atoms with van der Waals surface area (Å²) in [5.74, 6) is -0.148.